The number of halogens is 3. The van der Waals surface area contributed by atoms with Crippen molar-refractivity contribution in [2.45, 2.75) is 6.04 Å². The number of nitrogen functional groups attached to an aromatic ring is 1. The number of hydrogen-bond acceptors (Lipinski definition) is 5. The molecule has 1 atom stereocenters. The van der Waals surface area contributed by atoms with E-state index >= 15 is 0 Å². The molecular weight excluding hydrogens is 432 g/mol. The fourth-order valence-corrected chi connectivity index (χ4v) is 4.10. The smallest absolute Gasteiger partial charge is 0.257 e. The number of carbonyl (C=O) groups is 1. The van der Waals surface area contributed by atoms with Gasteiger partial charge < -0.3 is 15.4 Å². The Morgan fingerprint density at radius 1 is 1.33 bits per heavy atom. The largest absolute Gasteiger partial charge is 0.489 e. The number of likely N-dealkylation sites (N-methyl/N-ethyl adjacent to an activating group) is 1. The Morgan fingerprint density at radius 3 is 2.93 bits per heavy atom. The summed E-state index contributed by atoms with van der Waals surface area (Å²) < 4.78 is 22.2. The Bertz CT molecular complexity index is 1360. The lowest BCUT2D eigenvalue weighted by molar-refractivity contribution is 0.0704. The maximum Gasteiger partial charge on any atom is 0.257 e. The number of ether oxygens (including phenoxy) is 1. The van der Waals surface area contributed by atoms with Gasteiger partial charge in [-0.15, -0.1) is 0 Å². The van der Waals surface area contributed by atoms with Crippen LogP contribution in [0.1, 0.15) is 22.0 Å². The summed E-state index contributed by atoms with van der Waals surface area (Å²) in [7, 11) is 1.59. The molecule has 0 saturated heterocycles. The number of amides is 1. The summed E-state index contributed by atoms with van der Waals surface area (Å²) in [6.07, 6.45) is 3.10. The molecular formula is C20H14Cl2FN5O2. The van der Waals surface area contributed by atoms with Crippen LogP contribution in [-0.4, -0.2) is 38.8 Å². The van der Waals surface area contributed by atoms with Crippen molar-refractivity contribution in [3.63, 3.8) is 0 Å². The molecule has 7 nitrogen and oxygen atoms in total. The van der Waals surface area contributed by atoms with Crippen LogP contribution < -0.4 is 10.5 Å². The predicted octanol–water partition coefficient (Wildman–Crippen LogP) is 4.12. The molecule has 0 bridgehead atoms. The number of aromatic nitrogens is 3. The maximum atomic E-state index is 14.9. The van der Waals surface area contributed by atoms with E-state index in [0.29, 0.717) is 37.9 Å². The van der Waals surface area contributed by atoms with Crippen molar-refractivity contribution in [3.8, 4) is 5.75 Å². The Morgan fingerprint density at radius 2 is 2.13 bits per heavy atom. The third-order valence-corrected chi connectivity index (χ3v) is 6.10. The minimum atomic E-state index is -0.695. The Labute approximate surface area is 179 Å². The zero-order valence-electron chi connectivity index (χ0n) is 15.6. The van der Waals surface area contributed by atoms with E-state index in [1.165, 1.54) is 17.0 Å². The summed E-state index contributed by atoms with van der Waals surface area (Å²) >= 11 is 12.2. The molecule has 0 unspecified atom stereocenters. The van der Waals surface area contributed by atoms with Crippen LogP contribution in [0.2, 0.25) is 10.0 Å². The van der Waals surface area contributed by atoms with Crippen LogP contribution in [0.15, 0.2) is 36.8 Å². The summed E-state index contributed by atoms with van der Waals surface area (Å²) in [5.41, 5.74) is 7.95. The molecule has 0 fully saturated rings. The lowest BCUT2D eigenvalue weighted by atomic mass is 10.1. The SMILES string of the molecule is CN(C(=O)c1cc2c(cc1F)nc(N)c1cncn12)[C@@H]1COc2c1ccc(Cl)c2Cl. The molecule has 30 heavy (non-hydrogen) atoms. The first-order chi connectivity index (χ1) is 14.4. The standard InChI is InChI=1S/C20H14Cl2FN5O2/c1-27(16-7-30-18-9(16)2-3-11(21)17(18)22)20(29)10-4-14-13(5-12(10)23)26-19(24)15-6-25-8-28(14)15/h2-6,8,16H,7H2,1H3,(H2,24,26)/t16-/m1/s1. The monoisotopic (exact) mass is 445 g/mol. The average molecular weight is 446 g/mol. The van der Waals surface area contributed by atoms with Gasteiger partial charge in [0, 0.05) is 18.7 Å². The van der Waals surface area contributed by atoms with Crippen molar-refractivity contribution in [1.29, 1.82) is 0 Å². The van der Waals surface area contributed by atoms with E-state index in [9.17, 15) is 9.18 Å². The molecule has 0 radical (unpaired) electrons. The number of imidazole rings is 1. The average Bonchev–Trinajstić information content (AvgIpc) is 3.37. The number of nitrogens with zero attached hydrogens (tertiary/aromatic N) is 4. The van der Waals surface area contributed by atoms with Crippen LogP contribution in [-0.2, 0) is 0 Å². The van der Waals surface area contributed by atoms with E-state index in [1.54, 1.807) is 36.1 Å². The zero-order valence-corrected chi connectivity index (χ0v) is 17.1. The van der Waals surface area contributed by atoms with Gasteiger partial charge in [-0.1, -0.05) is 29.3 Å². The minimum absolute atomic E-state index is 0.0971. The van der Waals surface area contributed by atoms with Crippen LogP contribution in [0.5, 0.6) is 5.75 Å². The Hall–Kier alpha value is -3.10. The van der Waals surface area contributed by atoms with Crippen molar-refractivity contribution < 1.29 is 13.9 Å². The van der Waals surface area contributed by atoms with Gasteiger partial charge in [-0.25, -0.2) is 14.4 Å². The molecule has 0 spiro atoms. The third-order valence-electron chi connectivity index (χ3n) is 5.31. The normalized spacial score (nSPS) is 15.4. The molecule has 1 aliphatic rings. The Kier molecular flexibility index (Phi) is 4.23. The molecule has 10 heteroatoms. The highest BCUT2D eigenvalue weighted by Gasteiger charge is 2.34. The first kappa shape index (κ1) is 18.9. The van der Waals surface area contributed by atoms with Gasteiger partial charge in [0.1, 0.15) is 34.5 Å². The van der Waals surface area contributed by atoms with Crippen LogP contribution in [0, 0.1) is 5.82 Å². The third kappa shape index (κ3) is 2.68. The molecule has 2 aromatic heterocycles. The van der Waals surface area contributed by atoms with E-state index in [4.69, 9.17) is 33.7 Å². The summed E-state index contributed by atoms with van der Waals surface area (Å²) in [5.74, 6) is -0.538. The fraction of sp³-hybridized carbons (Fsp3) is 0.150. The maximum absolute atomic E-state index is 14.9. The van der Waals surface area contributed by atoms with E-state index < -0.39 is 17.8 Å². The van der Waals surface area contributed by atoms with Crippen molar-refractivity contribution in [2.75, 3.05) is 19.4 Å². The number of nitrogens with two attached hydrogens (primary N) is 1. The number of fused-ring (bicyclic) bond motifs is 4. The van der Waals surface area contributed by atoms with Crippen molar-refractivity contribution >= 4 is 51.5 Å². The van der Waals surface area contributed by atoms with Gasteiger partial charge in [0.05, 0.1) is 40.2 Å². The number of benzene rings is 2. The molecule has 2 N–H and O–H groups in total. The lowest BCUT2D eigenvalue weighted by Gasteiger charge is -2.24. The minimum Gasteiger partial charge on any atom is -0.489 e. The van der Waals surface area contributed by atoms with E-state index in [0.717, 1.165) is 0 Å². The highest BCUT2D eigenvalue weighted by atomic mass is 35.5. The lowest BCUT2D eigenvalue weighted by Crippen LogP contribution is -2.32. The second kappa shape index (κ2) is 6.72. The quantitative estimate of drug-likeness (QED) is 0.501. The van der Waals surface area contributed by atoms with Gasteiger partial charge in [-0.05, 0) is 12.1 Å². The first-order valence-corrected chi connectivity index (χ1v) is 9.71. The van der Waals surface area contributed by atoms with Gasteiger partial charge >= 0.3 is 0 Å². The molecule has 3 heterocycles. The molecule has 1 amide bonds. The molecule has 0 aliphatic carbocycles. The van der Waals surface area contributed by atoms with Crippen molar-refractivity contribution in [1.82, 2.24) is 19.3 Å². The van der Waals surface area contributed by atoms with Crippen LogP contribution >= 0.6 is 23.2 Å². The number of hydrogen-bond donors (Lipinski definition) is 1. The van der Waals surface area contributed by atoms with Gasteiger partial charge in [0.2, 0.25) is 0 Å². The highest BCUT2D eigenvalue weighted by molar-refractivity contribution is 6.43. The number of rotatable bonds is 2. The van der Waals surface area contributed by atoms with E-state index in [-0.39, 0.29) is 18.0 Å². The summed E-state index contributed by atoms with van der Waals surface area (Å²) in [5, 5.41) is 0.655. The summed E-state index contributed by atoms with van der Waals surface area (Å²) in [6, 6.07) is 5.61. The van der Waals surface area contributed by atoms with Gasteiger partial charge in [0.15, 0.2) is 0 Å². The molecule has 2 aromatic carbocycles. The molecule has 0 saturated carbocycles. The number of carbonyl (C=O) groups excluding carboxylic acids is 1. The molecule has 152 valence electrons. The number of anilines is 1. The molecule has 5 rings (SSSR count). The van der Waals surface area contributed by atoms with Crippen molar-refractivity contribution in [2.24, 2.45) is 0 Å². The van der Waals surface area contributed by atoms with Crippen LogP contribution in [0.4, 0.5) is 10.2 Å². The van der Waals surface area contributed by atoms with Gasteiger partial charge in [-0.3, -0.25) is 9.20 Å². The highest BCUT2D eigenvalue weighted by Crippen LogP contribution is 2.44. The van der Waals surface area contributed by atoms with Crippen molar-refractivity contribution in [3.05, 3.63) is 63.8 Å². The predicted molar refractivity (Wildman–Crippen MR) is 112 cm³/mol. The van der Waals surface area contributed by atoms with Gasteiger partial charge in [-0.2, -0.15) is 0 Å². The Balaban J connectivity index is 1.58. The summed E-state index contributed by atoms with van der Waals surface area (Å²) in [6.45, 7) is 0.191. The fourth-order valence-electron chi connectivity index (χ4n) is 3.72. The first-order valence-electron chi connectivity index (χ1n) is 8.95. The van der Waals surface area contributed by atoms with E-state index in [2.05, 4.69) is 9.97 Å². The van der Waals surface area contributed by atoms with E-state index in [1.807, 2.05) is 0 Å². The van der Waals surface area contributed by atoms with Crippen LogP contribution in [0.25, 0.3) is 16.6 Å². The topological polar surface area (TPSA) is 85.8 Å². The molecule has 1 aliphatic heterocycles. The second-order valence-electron chi connectivity index (χ2n) is 6.99. The van der Waals surface area contributed by atoms with Gasteiger partial charge in [0.25, 0.3) is 5.91 Å². The summed E-state index contributed by atoms with van der Waals surface area (Å²) in [4.78, 5) is 22.9. The van der Waals surface area contributed by atoms with Crippen LogP contribution in [0.3, 0.4) is 0 Å². The second-order valence-corrected chi connectivity index (χ2v) is 7.77. The molecule has 4 aromatic rings. The zero-order chi connectivity index (χ0) is 21.2.